The average molecular weight is 294 g/mol. The highest BCUT2D eigenvalue weighted by molar-refractivity contribution is 7.89. The first kappa shape index (κ1) is 14.5. The fourth-order valence-electron chi connectivity index (χ4n) is 1.74. The second kappa shape index (κ2) is 5.22. The van der Waals surface area contributed by atoms with E-state index < -0.39 is 15.8 Å². The molecule has 2 rings (SSSR count). The van der Waals surface area contributed by atoms with E-state index in [2.05, 4.69) is 0 Å². The van der Waals surface area contributed by atoms with Crippen molar-refractivity contribution in [1.29, 1.82) is 0 Å². The maximum Gasteiger partial charge on any atom is 0.242 e. The molecule has 0 unspecified atom stereocenters. The standard InChI is InChI=1S/C14H15FN2O2S/c1-17(2)20(18,19)12-6-3-10(4-7-12)11-5-8-14(16)13(15)9-11/h3-9H,16H2,1-2H3. The van der Waals surface area contributed by atoms with Gasteiger partial charge in [-0.2, -0.15) is 0 Å². The van der Waals surface area contributed by atoms with Crippen LogP contribution in [0.1, 0.15) is 0 Å². The molecule has 0 aliphatic rings. The first-order chi connectivity index (χ1) is 9.32. The van der Waals surface area contributed by atoms with Crippen LogP contribution in [0, 0.1) is 5.82 Å². The summed E-state index contributed by atoms with van der Waals surface area (Å²) in [6.07, 6.45) is 0. The molecule has 0 spiro atoms. The molecule has 20 heavy (non-hydrogen) atoms. The van der Waals surface area contributed by atoms with Gasteiger partial charge < -0.3 is 5.73 Å². The molecule has 0 radical (unpaired) electrons. The fraction of sp³-hybridized carbons (Fsp3) is 0.143. The van der Waals surface area contributed by atoms with Crippen LogP contribution >= 0.6 is 0 Å². The lowest BCUT2D eigenvalue weighted by Crippen LogP contribution is -2.22. The minimum absolute atomic E-state index is 0.0838. The largest absolute Gasteiger partial charge is 0.396 e. The molecule has 0 amide bonds. The van der Waals surface area contributed by atoms with Crippen LogP contribution in [0.2, 0.25) is 0 Å². The molecule has 2 aromatic rings. The van der Waals surface area contributed by atoms with E-state index in [1.807, 2.05) is 0 Å². The summed E-state index contributed by atoms with van der Waals surface area (Å²) in [5.41, 5.74) is 6.87. The van der Waals surface area contributed by atoms with Gasteiger partial charge in [0.2, 0.25) is 10.0 Å². The first-order valence-electron chi connectivity index (χ1n) is 5.90. The molecule has 0 atom stereocenters. The molecule has 0 saturated carbocycles. The Hall–Kier alpha value is -1.92. The summed E-state index contributed by atoms with van der Waals surface area (Å²) in [5.74, 6) is -0.493. The van der Waals surface area contributed by atoms with Gasteiger partial charge in [-0.05, 0) is 35.4 Å². The highest BCUT2D eigenvalue weighted by Gasteiger charge is 2.16. The van der Waals surface area contributed by atoms with E-state index in [0.717, 1.165) is 9.87 Å². The van der Waals surface area contributed by atoms with Gasteiger partial charge in [0.1, 0.15) is 5.82 Å². The second-order valence-electron chi connectivity index (χ2n) is 4.55. The Morgan fingerprint density at radius 2 is 1.55 bits per heavy atom. The van der Waals surface area contributed by atoms with Gasteiger partial charge in [0.25, 0.3) is 0 Å². The number of nitrogen functional groups attached to an aromatic ring is 1. The van der Waals surface area contributed by atoms with E-state index in [-0.39, 0.29) is 10.6 Å². The summed E-state index contributed by atoms with van der Waals surface area (Å²) in [4.78, 5) is 0.196. The number of nitrogens with two attached hydrogens (primary N) is 1. The van der Waals surface area contributed by atoms with Crippen molar-refractivity contribution >= 4 is 15.7 Å². The SMILES string of the molecule is CN(C)S(=O)(=O)c1ccc(-c2ccc(N)c(F)c2)cc1. The van der Waals surface area contributed by atoms with E-state index in [1.54, 1.807) is 18.2 Å². The summed E-state index contributed by atoms with van der Waals surface area (Å²) in [6.45, 7) is 0. The minimum atomic E-state index is -3.45. The smallest absolute Gasteiger partial charge is 0.242 e. The third-order valence-corrected chi connectivity index (χ3v) is 4.80. The zero-order valence-corrected chi connectivity index (χ0v) is 12.0. The lowest BCUT2D eigenvalue weighted by atomic mass is 10.1. The Bertz CT molecular complexity index is 725. The maximum absolute atomic E-state index is 13.4. The van der Waals surface area contributed by atoms with Crippen LogP contribution in [-0.4, -0.2) is 26.8 Å². The van der Waals surface area contributed by atoms with E-state index in [1.165, 1.54) is 38.4 Å². The van der Waals surface area contributed by atoms with Crippen LogP contribution in [0.25, 0.3) is 11.1 Å². The molecule has 2 aromatic carbocycles. The molecule has 4 nitrogen and oxygen atoms in total. The van der Waals surface area contributed by atoms with E-state index in [4.69, 9.17) is 5.73 Å². The summed E-state index contributed by atoms with van der Waals surface area (Å²) < 4.78 is 38.4. The maximum atomic E-state index is 13.4. The molecule has 0 aliphatic carbocycles. The van der Waals surface area contributed by atoms with Crippen LogP contribution in [0.5, 0.6) is 0 Å². The Morgan fingerprint density at radius 1 is 1.00 bits per heavy atom. The van der Waals surface area contributed by atoms with Crippen LogP contribution in [0.15, 0.2) is 47.4 Å². The van der Waals surface area contributed by atoms with E-state index in [0.29, 0.717) is 5.56 Å². The average Bonchev–Trinajstić information content (AvgIpc) is 2.42. The van der Waals surface area contributed by atoms with Gasteiger partial charge in [0.05, 0.1) is 10.6 Å². The highest BCUT2D eigenvalue weighted by atomic mass is 32.2. The third kappa shape index (κ3) is 2.66. The Labute approximate surface area is 117 Å². The number of halogens is 1. The van der Waals surface area contributed by atoms with E-state index in [9.17, 15) is 12.8 Å². The first-order valence-corrected chi connectivity index (χ1v) is 7.34. The molecule has 0 aliphatic heterocycles. The minimum Gasteiger partial charge on any atom is -0.396 e. The number of benzene rings is 2. The van der Waals surface area contributed by atoms with Gasteiger partial charge in [0, 0.05) is 14.1 Å². The number of hydrogen-bond acceptors (Lipinski definition) is 3. The lowest BCUT2D eigenvalue weighted by Gasteiger charge is -2.11. The van der Waals surface area contributed by atoms with E-state index >= 15 is 0 Å². The van der Waals surface area contributed by atoms with Crippen LogP contribution < -0.4 is 5.73 Å². The topological polar surface area (TPSA) is 63.4 Å². The summed E-state index contributed by atoms with van der Waals surface area (Å²) in [5, 5.41) is 0. The predicted molar refractivity (Wildman–Crippen MR) is 77.1 cm³/mol. The zero-order chi connectivity index (χ0) is 14.9. The molecule has 0 heterocycles. The number of anilines is 1. The van der Waals surface area contributed by atoms with Crippen LogP contribution in [0.4, 0.5) is 10.1 Å². The van der Waals surface area contributed by atoms with Gasteiger partial charge in [-0.1, -0.05) is 18.2 Å². The highest BCUT2D eigenvalue weighted by Crippen LogP contribution is 2.24. The second-order valence-corrected chi connectivity index (χ2v) is 6.70. The molecule has 0 bridgehead atoms. The van der Waals surface area contributed by atoms with Gasteiger partial charge >= 0.3 is 0 Å². The van der Waals surface area contributed by atoms with Gasteiger partial charge in [-0.3, -0.25) is 0 Å². The fourth-order valence-corrected chi connectivity index (χ4v) is 2.64. The van der Waals surface area contributed by atoms with Crippen molar-refractivity contribution < 1.29 is 12.8 Å². The van der Waals surface area contributed by atoms with Crippen molar-refractivity contribution in [1.82, 2.24) is 4.31 Å². The number of rotatable bonds is 3. The van der Waals surface area contributed by atoms with Crippen molar-refractivity contribution in [3.05, 3.63) is 48.3 Å². The van der Waals surface area contributed by atoms with Crippen LogP contribution in [0.3, 0.4) is 0 Å². The van der Waals surface area contributed by atoms with Gasteiger partial charge in [-0.15, -0.1) is 0 Å². The van der Waals surface area contributed by atoms with Crippen molar-refractivity contribution in [2.75, 3.05) is 19.8 Å². The summed E-state index contributed by atoms with van der Waals surface area (Å²) in [7, 11) is -0.510. The number of hydrogen-bond donors (Lipinski definition) is 1. The Morgan fingerprint density at radius 3 is 2.05 bits per heavy atom. The zero-order valence-electron chi connectivity index (χ0n) is 11.2. The molecule has 0 fully saturated rings. The Kier molecular flexibility index (Phi) is 3.78. The molecule has 0 aromatic heterocycles. The summed E-state index contributed by atoms with van der Waals surface area (Å²) >= 11 is 0. The van der Waals surface area contributed by atoms with Crippen molar-refractivity contribution in [3.8, 4) is 11.1 Å². The molecule has 2 N–H and O–H groups in total. The normalized spacial score (nSPS) is 11.8. The number of nitrogens with zero attached hydrogens (tertiary/aromatic N) is 1. The molecular weight excluding hydrogens is 279 g/mol. The number of sulfonamides is 1. The molecule has 0 saturated heterocycles. The quantitative estimate of drug-likeness (QED) is 0.884. The lowest BCUT2D eigenvalue weighted by molar-refractivity contribution is 0.521. The molecular formula is C14H15FN2O2S. The van der Waals surface area contributed by atoms with Crippen LogP contribution in [-0.2, 0) is 10.0 Å². The van der Waals surface area contributed by atoms with Crippen molar-refractivity contribution in [3.63, 3.8) is 0 Å². The molecule has 106 valence electrons. The predicted octanol–water partition coefficient (Wildman–Crippen LogP) is 2.33. The van der Waals surface area contributed by atoms with Crippen molar-refractivity contribution in [2.24, 2.45) is 0 Å². The third-order valence-electron chi connectivity index (χ3n) is 2.97. The van der Waals surface area contributed by atoms with Crippen molar-refractivity contribution in [2.45, 2.75) is 4.90 Å². The van der Waals surface area contributed by atoms with Gasteiger partial charge in [0.15, 0.2) is 0 Å². The monoisotopic (exact) mass is 294 g/mol. The summed E-state index contributed by atoms with van der Waals surface area (Å²) in [6, 6.07) is 10.8. The molecule has 6 heteroatoms. The Balaban J connectivity index is 2.40. The van der Waals surface area contributed by atoms with Gasteiger partial charge in [-0.25, -0.2) is 17.1 Å².